The van der Waals surface area contributed by atoms with Gasteiger partial charge in [-0.2, -0.15) is 0 Å². The molecule has 0 aliphatic carbocycles. The topological polar surface area (TPSA) is 145 Å². The van der Waals surface area contributed by atoms with Crippen molar-refractivity contribution in [3.63, 3.8) is 0 Å². The predicted molar refractivity (Wildman–Crippen MR) is 113 cm³/mol. The average Bonchev–Trinajstić information content (AvgIpc) is 2.66. The van der Waals surface area contributed by atoms with Crippen LogP contribution in [0.15, 0.2) is 41.3 Å². The first-order valence-electron chi connectivity index (χ1n) is 8.60. The molecule has 0 bridgehead atoms. The standard InChI is InChI=1S/C18H23N3O7S2/c1-5-21(29(4,23)24)15-11-17(28-3)16(27-2)10-14(15)18(22)20-12-6-8-13(9-7-12)30(19,25)26/h6-11H,5H2,1-4H3,(H,20,22)(H2,19,25,26). The van der Waals surface area contributed by atoms with Crippen LogP contribution in [0.3, 0.4) is 0 Å². The molecule has 0 saturated heterocycles. The maximum Gasteiger partial charge on any atom is 0.257 e. The maximum absolute atomic E-state index is 13.0. The van der Waals surface area contributed by atoms with Crippen LogP contribution in [0.1, 0.15) is 17.3 Å². The van der Waals surface area contributed by atoms with Gasteiger partial charge in [-0.3, -0.25) is 9.10 Å². The summed E-state index contributed by atoms with van der Waals surface area (Å²) in [6, 6.07) is 8.00. The molecule has 164 valence electrons. The second-order valence-electron chi connectivity index (χ2n) is 6.18. The van der Waals surface area contributed by atoms with E-state index < -0.39 is 26.0 Å². The van der Waals surface area contributed by atoms with E-state index in [2.05, 4.69) is 5.32 Å². The third kappa shape index (κ3) is 5.20. The van der Waals surface area contributed by atoms with E-state index in [9.17, 15) is 21.6 Å². The van der Waals surface area contributed by atoms with Crippen LogP contribution in [0, 0.1) is 0 Å². The number of carbonyl (C=O) groups excluding carboxylic acids is 1. The van der Waals surface area contributed by atoms with Gasteiger partial charge in [0.2, 0.25) is 20.0 Å². The number of sulfonamides is 2. The molecule has 2 aromatic carbocycles. The predicted octanol–water partition coefficient (Wildman–Crippen LogP) is 1.39. The van der Waals surface area contributed by atoms with Gasteiger partial charge >= 0.3 is 0 Å². The minimum atomic E-state index is -3.87. The first-order chi connectivity index (χ1) is 13.9. The SMILES string of the molecule is CCN(c1cc(OC)c(OC)cc1C(=O)Nc1ccc(S(N)(=O)=O)cc1)S(C)(=O)=O. The van der Waals surface area contributed by atoms with Crippen LogP contribution < -0.4 is 24.2 Å². The van der Waals surface area contributed by atoms with Crippen LogP contribution in [0.2, 0.25) is 0 Å². The Morgan fingerprint density at radius 2 is 1.57 bits per heavy atom. The van der Waals surface area contributed by atoms with Crippen molar-refractivity contribution in [1.82, 2.24) is 0 Å². The first-order valence-corrected chi connectivity index (χ1v) is 12.0. The maximum atomic E-state index is 13.0. The molecule has 0 unspecified atom stereocenters. The lowest BCUT2D eigenvalue weighted by atomic mass is 10.1. The molecular formula is C18H23N3O7S2. The van der Waals surface area contributed by atoms with Gasteiger partial charge in [0.25, 0.3) is 5.91 Å². The summed E-state index contributed by atoms with van der Waals surface area (Å²) in [7, 11) is -4.78. The van der Waals surface area contributed by atoms with E-state index in [1.54, 1.807) is 6.92 Å². The number of amides is 1. The molecule has 10 nitrogen and oxygen atoms in total. The molecule has 0 spiro atoms. The molecule has 12 heteroatoms. The van der Waals surface area contributed by atoms with E-state index >= 15 is 0 Å². The number of anilines is 2. The lowest BCUT2D eigenvalue weighted by Crippen LogP contribution is -2.31. The minimum absolute atomic E-state index is 0.0236. The van der Waals surface area contributed by atoms with Crippen LogP contribution in [0.5, 0.6) is 11.5 Å². The summed E-state index contributed by atoms with van der Waals surface area (Å²) in [5.74, 6) is -0.138. The van der Waals surface area contributed by atoms with Crippen LogP contribution in [-0.4, -0.2) is 49.8 Å². The highest BCUT2D eigenvalue weighted by molar-refractivity contribution is 7.92. The van der Waals surface area contributed by atoms with Crippen molar-refractivity contribution in [2.45, 2.75) is 11.8 Å². The summed E-state index contributed by atoms with van der Waals surface area (Å²) in [4.78, 5) is 12.9. The van der Waals surface area contributed by atoms with Crippen LogP contribution in [0.25, 0.3) is 0 Å². The molecule has 0 saturated carbocycles. The Hall–Kier alpha value is -2.83. The van der Waals surface area contributed by atoms with Crippen LogP contribution in [0.4, 0.5) is 11.4 Å². The van der Waals surface area contributed by atoms with Gasteiger partial charge in [0.1, 0.15) is 0 Å². The first kappa shape index (κ1) is 23.4. The van der Waals surface area contributed by atoms with Gasteiger partial charge in [-0.05, 0) is 37.3 Å². The number of primary sulfonamides is 1. The number of carbonyl (C=O) groups is 1. The molecule has 0 radical (unpaired) electrons. The second-order valence-corrected chi connectivity index (χ2v) is 9.64. The fourth-order valence-electron chi connectivity index (χ4n) is 2.77. The number of hydrogen-bond acceptors (Lipinski definition) is 7. The van der Waals surface area contributed by atoms with Crippen molar-refractivity contribution in [3.8, 4) is 11.5 Å². The van der Waals surface area contributed by atoms with Crippen molar-refractivity contribution in [3.05, 3.63) is 42.0 Å². The van der Waals surface area contributed by atoms with E-state index in [1.165, 1.54) is 50.6 Å². The Kier molecular flexibility index (Phi) is 6.95. The number of nitrogens with two attached hydrogens (primary N) is 1. The summed E-state index contributed by atoms with van der Waals surface area (Å²) < 4.78 is 58.7. The lowest BCUT2D eigenvalue weighted by Gasteiger charge is -2.24. The number of benzene rings is 2. The fraction of sp³-hybridized carbons (Fsp3) is 0.278. The van der Waals surface area contributed by atoms with Crippen molar-refractivity contribution < 1.29 is 31.1 Å². The Morgan fingerprint density at radius 3 is 2.00 bits per heavy atom. The Morgan fingerprint density at radius 1 is 1.03 bits per heavy atom. The largest absolute Gasteiger partial charge is 0.493 e. The monoisotopic (exact) mass is 457 g/mol. The third-order valence-corrected chi connectivity index (χ3v) is 6.33. The second kappa shape index (κ2) is 8.90. The molecular weight excluding hydrogens is 434 g/mol. The van der Waals surface area contributed by atoms with E-state index in [-0.39, 0.29) is 39.9 Å². The van der Waals surface area contributed by atoms with Gasteiger partial charge in [0, 0.05) is 18.3 Å². The van der Waals surface area contributed by atoms with Crippen molar-refractivity contribution in [2.24, 2.45) is 5.14 Å². The van der Waals surface area contributed by atoms with Crippen molar-refractivity contribution in [1.29, 1.82) is 0 Å². The van der Waals surface area contributed by atoms with Gasteiger partial charge in [-0.1, -0.05) is 0 Å². The molecule has 2 aromatic rings. The van der Waals surface area contributed by atoms with E-state index in [0.717, 1.165) is 10.6 Å². The molecule has 0 heterocycles. The lowest BCUT2D eigenvalue weighted by molar-refractivity contribution is 0.102. The highest BCUT2D eigenvalue weighted by Gasteiger charge is 2.25. The summed E-state index contributed by atoms with van der Waals surface area (Å²) >= 11 is 0. The van der Waals surface area contributed by atoms with Gasteiger partial charge in [-0.25, -0.2) is 22.0 Å². The molecule has 1 amide bonds. The summed E-state index contributed by atoms with van der Waals surface area (Å²) in [6.45, 7) is 1.71. The number of rotatable bonds is 8. The minimum Gasteiger partial charge on any atom is -0.493 e. The molecule has 0 aliphatic heterocycles. The highest BCUT2D eigenvalue weighted by atomic mass is 32.2. The number of nitrogens with one attached hydrogen (secondary N) is 1. The quantitative estimate of drug-likeness (QED) is 0.609. The third-order valence-electron chi connectivity index (χ3n) is 4.14. The average molecular weight is 458 g/mol. The number of methoxy groups -OCH3 is 2. The molecule has 3 N–H and O–H groups in total. The van der Waals surface area contributed by atoms with E-state index in [1.807, 2.05) is 0 Å². The molecule has 0 aromatic heterocycles. The van der Waals surface area contributed by atoms with Gasteiger partial charge < -0.3 is 14.8 Å². The van der Waals surface area contributed by atoms with Crippen molar-refractivity contribution in [2.75, 3.05) is 36.6 Å². The van der Waals surface area contributed by atoms with Crippen LogP contribution in [-0.2, 0) is 20.0 Å². The zero-order chi connectivity index (χ0) is 22.7. The molecule has 30 heavy (non-hydrogen) atoms. The number of hydrogen-bond donors (Lipinski definition) is 2. The summed E-state index contributed by atoms with van der Waals surface area (Å²) in [6.07, 6.45) is 1.03. The van der Waals surface area contributed by atoms with E-state index in [4.69, 9.17) is 14.6 Å². The van der Waals surface area contributed by atoms with Crippen molar-refractivity contribution >= 4 is 37.3 Å². The molecule has 0 fully saturated rings. The number of nitrogens with zero attached hydrogens (tertiary/aromatic N) is 1. The molecule has 0 aliphatic rings. The Bertz CT molecular complexity index is 1150. The van der Waals surface area contributed by atoms with Crippen LogP contribution >= 0.6 is 0 Å². The van der Waals surface area contributed by atoms with Gasteiger partial charge in [-0.15, -0.1) is 0 Å². The zero-order valence-electron chi connectivity index (χ0n) is 16.9. The summed E-state index contributed by atoms with van der Waals surface area (Å²) in [5.41, 5.74) is 0.419. The Labute approximate surface area is 175 Å². The number of ether oxygens (including phenoxy) is 2. The Balaban J connectivity index is 2.53. The van der Waals surface area contributed by atoms with Gasteiger partial charge in [0.05, 0.1) is 36.6 Å². The fourth-order valence-corrected chi connectivity index (χ4v) is 4.26. The van der Waals surface area contributed by atoms with E-state index in [0.29, 0.717) is 0 Å². The zero-order valence-corrected chi connectivity index (χ0v) is 18.5. The molecule has 0 atom stereocenters. The van der Waals surface area contributed by atoms with Gasteiger partial charge in [0.15, 0.2) is 11.5 Å². The highest BCUT2D eigenvalue weighted by Crippen LogP contribution is 2.36. The summed E-state index contributed by atoms with van der Waals surface area (Å²) in [5, 5.41) is 7.67. The smallest absolute Gasteiger partial charge is 0.257 e. The normalized spacial score (nSPS) is 11.6. The molecule has 2 rings (SSSR count).